The van der Waals surface area contributed by atoms with Crippen LogP contribution >= 0.6 is 0 Å². The monoisotopic (exact) mass is 333 g/mol. The van der Waals surface area contributed by atoms with Gasteiger partial charge in [0, 0.05) is 17.0 Å². The zero-order valence-electron chi connectivity index (χ0n) is 13.6. The third-order valence-corrected chi connectivity index (χ3v) is 3.89. The molecule has 0 bridgehead atoms. The van der Waals surface area contributed by atoms with E-state index in [-0.39, 0.29) is 6.61 Å². The minimum absolute atomic E-state index is 0.0524. The lowest BCUT2D eigenvalue weighted by molar-refractivity contribution is 0.0474. The molecule has 1 heterocycles. The molecule has 0 aliphatic rings. The predicted molar refractivity (Wildman–Crippen MR) is 92.1 cm³/mol. The Kier molecular flexibility index (Phi) is 4.62. The summed E-state index contributed by atoms with van der Waals surface area (Å²) in [7, 11) is 0. The van der Waals surface area contributed by atoms with Crippen LogP contribution in [0.25, 0.3) is 11.0 Å². The third kappa shape index (κ3) is 3.59. The van der Waals surface area contributed by atoms with E-state index in [1.54, 1.807) is 18.2 Å². The summed E-state index contributed by atoms with van der Waals surface area (Å²) in [5, 5.41) is 9.63. The lowest BCUT2D eigenvalue weighted by Gasteiger charge is -2.08. The number of nitriles is 1. The summed E-state index contributed by atoms with van der Waals surface area (Å²) in [6.07, 6.45) is 0.827. The van der Waals surface area contributed by atoms with Crippen molar-refractivity contribution in [3.8, 4) is 6.07 Å². The SMILES string of the molecule is CCc1ccc2c(COC(=O)c3cccc(C#N)c3)cc(=O)oc2c1. The van der Waals surface area contributed by atoms with Gasteiger partial charge in [0.05, 0.1) is 17.2 Å². The van der Waals surface area contributed by atoms with Crippen LogP contribution < -0.4 is 5.63 Å². The van der Waals surface area contributed by atoms with Crippen LogP contribution in [0.5, 0.6) is 0 Å². The number of nitrogens with zero attached hydrogens (tertiary/aromatic N) is 1. The van der Waals surface area contributed by atoms with E-state index in [1.165, 1.54) is 12.1 Å². The van der Waals surface area contributed by atoms with Crippen molar-refractivity contribution >= 4 is 16.9 Å². The molecule has 124 valence electrons. The molecule has 3 rings (SSSR count). The van der Waals surface area contributed by atoms with Gasteiger partial charge in [-0.05, 0) is 36.2 Å². The van der Waals surface area contributed by atoms with Crippen LogP contribution in [0.1, 0.15) is 34.0 Å². The van der Waals surface area contributed by atoms with Gasteiger partial charge in [-0.15, -0.1) is 0 Å². The molecule has 0 aliphatic carbocycles. The highest BCUT2D eigenvalue weighted by molar-refractivity contribution is 5.90. The first-order chi connectivity index (χ1) is 12.1. The van der Waals surface area contributed by atoms with Crippen molar-refractivity contribution in [1.29, 1.82) is 5.26 Å². The summed E-state index contributed by atoms with van der Waals surface area (Å²) >= 11 is 0. The molecule has 3 aromatic rings. The molecule has 0 unspecified atom stereocenters. The van der Waals surface area contributed by atoms with Gasteiger partial charge in [0.25, 0.3) is 0 Å². The zero-order chi connectivity index (χ0) is 17.8. The molecule has 0 aliphatic heterocycles. The molecule has 0 spiro atoms. The fraction of sp³-hybridized carbons (Fsp3) is 0.150. The molecule has 1 aromatic heterocycles. The van der Waals surface area contributed by atoms with Crippen molar-refractivity contribution in [3.05, 3.63) is 81.2 Å². The van der Waals surface area contributed by atoms with Gasteiger partial charge in [0.1, 0.15) is 12.2 Å². The van der Waals surface area contributed by atoms with Gasteiger partial charge in [-0.25, -0.2) is 9.59 Å². The Balaban J connectivity index is 1.86. The first-order valence-corrected chi connectivity index (χ1v) is 7.83. The molecule has 0 saturated heterocycles. The van der Waals surface area contributed by atoms with Crippen LogP contribution in [-0.2, 0) is 17.8 Å². The van der Waals surface area contributed by atoms with Gasteiger partial charge in [-0.3, -0.25) is 0 Å². The van der Waals surface area contributed by atoms with Crippen molar-refractivity contribution in [2.45, 2.75) is 20.0 Å². The van der Waals surface area contributed by atoms with Crippen LogP contribution in [0.2, 0.25) is 0 Å². The van der Waals surface area contributed by atoms with Crippen molar-refractivity contribution < 1.29 is 13.9 Å². The number of benzene rings is 2. The van der Waals surface area contributed by atoms with Crippen molar-refractivity contribution in [2.75, 3.05) is 0 Å². The number of aryl methyl sites for hydroxylation is 1. The number of fused-ring (bicyclic) bond motifs is 1. The number of esters is 1. The molecule has 0 atom stereocenters. The van der Waals surface area contributed by atoms with E-state index in [0.29, 0.717) is 22.3 Å². The average Bonchev–Trinajstić information content (AvgIpc) is 2.65. The summed E-state index contributed by atoms with van der Waals surface area (Å²) < 4.78 is 10.5. The standard InChI is InChI=1S/C20H15NO4/c1-2-13-6-7-17-16(10-19(22)25-18(17)9-13)12-24-20(23)15-5-3-4-14(8-15)11-21/h3-10H,2,12H2,1H3. The van der Waals surface area contributed by atoms with Gasteiger partial charge in [0.2, 0.25) is 0 Å². The van der Waals surface area contributed by atoms with E-state index in [1.807, 2.05) is 31.2 Å². The molecule has 0 radical (unpaired) electrons. The highest BCUT2D eigenvalue weighted by Crippen LogP contribution is 2.20. The predicted octanol–water partition coefficient (Wildman–Crippen LogP) is 3.58. The van der Waals surface area contributed by atoms with Crippen molar-refractivity contribution in [1.82, 2.24) is 0 Å². The Morgan fingerprint density at radius 3 is 2.80 bits per heavy atom. The maximum absolute atomic E-state index is 12.2. The highest BCUT2D eigenvalue weighted by atomic mass is 16.5. The third-order valence-electron chi connectivity index (χ3n) is 3.89. The number of carbonyl (C=O) groups is 1. The van der Waals surface area contributed by atoms with Crippen LogP contribution in [0.15, 0.2) is 57.7 Å². The number of carbonyl (C=O) groups excluding carboxylic acids is 1. The Hall–Kier alpha value is -3.39. The Labute approximate surface area is 144 Å². The smallest absolute Gasteiger partial charge is 0.338 e. The second kappa shape index (κ2) is 7.02. The normalized spacial score (nSPS) is 10.4. The molecule has 0 amide bonds. The van der Waals surface area contributed by atoms with Crippen molar-refractivity contribution in [2.24, 2.45) is 0 Å². The molecule has 0 N–H and O–H groups in total. The molecule has 5 nitrogen and oxygen atoms in total. The van der Waals surface area contributed by atoms with Crippen molar-refractivity contribution in [3.63, 3.8) is 0 Å². The molecule has 0 fully saturated rings. The van der Waals surface area contributed by atoms with Crippen LogP contribution in [-0.4, -0.2) is 5.97 Å². The topological polar surface area (TPSA) is 80.3 Å². The fourth-order valence-corrected chi connectivity index (χ4v) is 2.56. The maximum atomic E-state index is 12.2. The van der Waals surface area contributed by atoms with E-state index < -0.39 is 11.6 Å². The first kappa shape index (κ1) is 16.5. The van der Waals surface area contributed by atoms with Crippen LogP contribution in [0, 0.1) is 11.3 Å². The number of hydrogen-bond donors (Lipinski definition) is 0. The van der Waals surface area contributed by atoms with Gasteiger partial charge >= 0.3 is 11.6 Å². The summed E-state index contributed by atoms with van der Waals surface area (Å²) in [5.74, 6) is -0.552. The van der Waals surface area contributed by atoms with Gasteiger partial charge < -0.3 is 9.15 Å². The summed E-state index contributed by atoms with van der Waals surface area (Å²) in [4.78, 5) is 23.9. The van der Waals surface area contributed by atoms with Crippen LogP contribution in [0.4, 0.5) is 0 Å². The maximum Gasteiger partial charge on any atom is 0.338 e. The van der Waals surface area contributed by atoms with E-state index in [4.69, 9.17) is 14.4 Å². The molecule has 2 aromatic carbocycles. The lowest BCUT2D eigenvalue weighted by Crippen LogP contribution is -2.08. The fourth-order valence-electron chi connectivity index (χ4n) is 2.56. The van der Waals surface area contributed by atoms with Gasteiger partial charge in [-0.1, -0.05) is 25.1 Å². The van der Waals surface area contributed by atoms with Gasteiger partial charge in [-0.2, -0.15) is 5.26 Å². The lowest BCUT2D eigenvalue weighted by atomic mass is 10.1. The molecule has 25 heavy (non-hydrogen) atoms. The molecular formula is C20H15NO4. The Morgan fingerprint density at radius 2 is 2.04 bits per heavy atom. The van der Waals surface area contributed by atoms with Crippen LogP contribution in [0.3, 0.4) is 0 Å². The Morgan fingerprint density at radius 1 is 1.20 bits per heavy atom. The largest absolute Gasteiger partial charge is 0.457 e. The minimum Gasteiger partial charge on any atom is -0.457 e. The number of hydrogen-bond acceptors (Lipinski definition) is 5. The summed E-state index contributed by atoms with van der Waals surface area (Å²) in [6, 6.07) is 15.2. The highest BCUT2D eigenvalue weighted by Gasteiger charge is 2.11. The second-order valence-corrected chi connectivity index (χ2v) is 5.54. The van der Waals surface area contributed by atoms with E-state index >= 15 is 0 Å². The summed E-state index contributed by atoms with van der Waals surface area (Å²) in [6.45, 7) is 1.96. The number of rotatable bonds is 4. The van der Waals surface area contributed by atoms with E-state index in [0.717, 1.165) is 17.4 Å². The van der Waals surface area contributed by atoms with Gasteiger partial charge in [0.15, 0.2) is 0 Å². The number of ether oxygens (including phenoxy) is 1. The first-order valence-electron chi connectivity index (χ1n) is 7.83. The second-order valence-electron chi connectivity index (χ2n) is 5.54. The molecule has 5 heteroatoms. The Bertz CT molecular complexity index is 1040. The van der Waals surface area contributed by atoms with E-state index in [2.05, 4.69) is 0 Å². The molecular weight excluding hydrogens is 318 g/mol. The van der Waals surface area contributed by atoms with E-state index in [9.17, 15) is 9.59 Å². The minimum atomic E-state index is -0.552. The summed E-state index contributed by atoms with van der Waals surface area (Å²) in [5.41, 5.74) is 2.30. The average molecular weight is 333 g/mol. The quantitative estimate of drug-likeness (QED) is 0.538. The zero-order valence-corrected chi connectivity index (χ0v) is 13.6. The molecule has 0 saturated carbocycles.